The van der Waals surface area contributed by atoms with E-state index in [0.717, 1.165) is 57.8 Å². The van der Waals surface area contributed by atoms with E-state index in [9.17, 15) is 9.59 Å². The van der Waals surface area contributed by atoms with Crippen LogP contribution in [-0.4, -0.2) is 24.1 Å². The van der Waals surface area contributed by atoms with Crippen LogP contribution in [0.4, 0.5) is 0 Å². The number of allylic oxidation sites excluding steroid dienone is 24. The van der Waals surface area contributed by atoms with Gasteiger partial charge in [0, 0.05) is 25.2 Å². The number of carbonyl (C=O) groups excluding carboxylic acids is 2. The largest absolute Gasteiger partial charge is 0.462 e. The topological polar surface area (TPSA) is 52.6 Å². The Bertz CT molecular complexity index is 2110. The van der Waals surface area contributed by atoms with E-state index in [1.54, 1.807) is 0 Å². The van der Waals surface area contributed by atoms with E-state index < -0.39 is 0 Å². The van der Waals surface area contributed by atoms with E-state index >= 15 is 0 Å². The van der Waals surface area contributed by atoms with Crippen LogP contribution < -0.4 is 0 Å². The fourth-order valence-corrected chi connectivity index (χ4v) is 11.1. The van der Waals surface area contributed by atoms with Gasteiger partial charge in [-0.1, -0.05) is 294 Å². The third-order valence-corrected chi connectivity index (χ3v) is 15.7. The van der Waals surface area contributed by atoms with Crippen LogP contribution in [0.25, 0.3) is 0 Å². The lowest BCUT2D eigenvalue weighted by Gasteiger charge is -2.40. The zero-order valence-electron chi connectivity index (χ0n) is 52.3. The van der Waals surface area contributed by atoms with Gasteiger partial charge in [0.2, 0.25) is 0 Å². The fourth-order valence-electron chi connectivity index (χ4n) is 11.1. The summed E-state index contributed by atoms with van der Waals surface area (Å²) in [7, 11) is 0. The SMILES string of the molecule is CCCCC/C=C\C/C=C\CCCCCCCC(=O)O[C@H]1C=C(C)[C@H](/C=C/C(C)=C/C=C/C(C)=C/C=C/C=C(C)/C=C/C=C(C)/C=C/C2=C(C)C[C@@H](OC(=O)CCCCCCCCCCCCCCC)CC2(C)C)C(C)(C)C1. The first-order valence-corrected chi connectivity index (χ1v) is 31.6. The Morgan fingerprint density at radius 2 is 0.962 bits per heavy atom. The molecule has 2 aliphatic carbocycles. The summed E-state index contributed by atoms with van der Waals surface area (Å²) in [4.78, 5) is 25.6. The minimum absolute atomic E-state index is 0.0152. The van der Waals surface area contributed by atoms with Crippen LogP contribution in [0, 0.1) is 16.7 Å². The van der Waals surface area contributed by atoms with Gasteiger partial charge in [-0.3, -0.25) is 9.59 Å². The summed E-state index contributed by atoms with van der Waals surface area (Å²) in [6, 6.07) is 0. The molecule has 0 fully saturated rings. The highest BCUT2D eigenvalue weighted by Crippen LogP contribution is 2.44. The summed E-state index contributed by atoms with van der Waals surface area (Å²) in [6.45, 7) is 26.6. The highest BCUT2D eigenvalue weighted by Gasteiger charge is 2.37. The lowest BCUT2D eigenvalue weighted by atomic mass is 9.67. The Labute approximate surface area is 481 Å². The van der Waals surface area contributed by atoms with Gasteiger partial charge >= 0.3 is 11.9 Å². The van der Waals surface area contributed by atoms with Crippen molar-refractivity contribution in [2.45, 2.75) is 281 Å². The predicted octanol–water partition coefficient (Wildman–Crippen LogP) is 22.8. The normalized spacial score (nSPS) is 19.8. The van der Waals surface area contributed by atoms with Crippen LogP contribution in [0.15, 0.2) is 154 Å². The monoisotopic (exact) mass is 1070 g/mol. The average molecular weight is 1070 g/mol. The van der Waals surface area contributed by atoms with Crippen LogP contribution in [0.2, 0.25) is 0 Å². The molecule has 2 aliphatic rings. The number of carbonyl (C=O) groups is 2. The number of hydrogen-bond acceptors (Lipinski definition) is 4. The Balaban J connectivity index is 1.72. The minimum Gasteiger partial charge on any atom is -0.462 e. The van der Waals surface area contributed by atoms with Gasteiger partial charge in [0.1, 0.15) is 12.2 Å². The van der Waals surface area contributed by atoms with Gasteiger partial charge < -0.3 is 9.47 Å². The molecule has 4 heteroatoms. The molecule has 0 aromatic rings. The van der Waals surface area contributed by atoms with Crippen LogP contribution in [0.1, 0.15) is 269 Å². The maximum Gasteiger partial charge on any atom is 0.306 e. The molecule has 0 heterocycles. The predicted molar refractivity (Wildman–Crippen MR) is 342 cm³/mol. The van der Waals surface area contributed by atoms with Gasteiger partial charge in [0.15, 0.2) is 0 Å². The molecular weight excluding hydrogens is 953 g/mol. The van der Waals surface area contributed by atoms with Crippen LogP contribution in [-0.2, 0) is 19.1 Å². The lowest BCUT2D eigenvalue weighted by molar-refractivity contribution is -0.151. The zero-order chi connectivity index (χ0) is 57.3. The Hall–Kier alpha value is -4.44. The average Bonchev–Trinajstić information content (AvgIpc) is 3.37. The van der Waals surface area contributed by atoms with Gasteiger partial charge in [-0.2, -0.15) is 0 Å². The molecule has 0 N–H and O–H groups in total. The highest BCUT2D eigenvalue weighted by atomic mass is 16.5. The first-order chi connectivity index (χ1) is 37.5. The molecule has 0 saturated carbocycles. The zero-order valence-corrected chi connectivity index (χ0v) is 52.3. The Morgan fingerprint density at radius 3 is 1.47 bits per heavy atom. The molecule has 3 atom stereocenters. The van der Waals surface area contributed by atoms with Gasteiger partial charge in [-0.15, -0.1) is 0 Å². The molecule has 0 spiro atoms. The van der Waals surface area contributed by atoms with Crippen molar-refractivity contribution in [1.82, 2.24) is 0 Å². The number of unbranched alkanes of at least 4 members (excludes halogenated alkanes) is 20. The molecule has 0 aromatic heterocycles. The number of hydrogen-bond donors (Lipinski definition) is 0. The van der Waals surface area contributed by atoms with E-state index in [2.05, 4.69) is 199 Å². The van der Waals surface area contributed by atoms with Crippen molar-refractivity contribution in [3.63, 3.8) is 0 Å². The van der Waals surface area contributed by atoms with Gasteiger partial charge in [0.25, 0.3) is 0 Å². The second kappa shape index (κ2) is 42.4. The number of ether oxygens (including phenoxy) is 2. The van der Waals surface area contributed by atoms with E-state index in [1.165, 1.54) is 155 Å². The standard InChI is InChI=1S/C74H116O4/c1-13-15-17-19-21-23-25-27-28-30-32-34-36-38-40-52-72(76)78-68-58-66(8)70(74(11,12)60-68)56-54-64(6)50-44-48-62(4)46-42-41-45-61(3)47-43-49-63(5)53-55-69-65(7)57-67(59-73(69,9)10)77-71(75)51-39-37-35-33-31-29-26-24-22-20-18-16-14-2/h21,23,27-28,41-50,53-56,58,67-68,70H,13-20,22,24-26,29-40,51-52,57,59-60H2,1-12H3/b23-21-,28-27-,42-41+,47-43+,48-44+,55-53+,56-54+,61-45+,62-46+,63-49+,64-50+/t67-,68+,70+/m1/s1. The molecule has 0 saturated heterocycles. The third-order valence-electron chi connectivity index (χ3n) is 15.7. The third kappa shape index (κ3) is 33.9. The Kier molecular flexibility index (Phi) is 37.9. The molecule has 0 bridgehead atoms. The second-order valence-electron chi connectivity index (χ2n) is 24.6. The van der Waals surface area contributed by atoms with E-state index in [-0.39, 0.29) is 40.9 Å². The van der Waals surface area contributed by atoms with Crippen molar-refractivity contribution in [2.24, 2.45) is 16.7 Å². The molecule has 0 amide bonds. The van der Waals surface area contributed by atoms with Crippen molar-refractivity contribution in [3.8, 4) is 0 Å². The second-order valence-corrected chi connectivity index (χ2v) is 24.6. The first kappa shape index (κ1) is 69.7. The maximum absolute atomic E-state index is 12.8. The fraction of sp³-hybridized carbons (Fsp3) is 0.622. The van der Waals surface area contributed by atoms with Crippen LogP contribution in [0.5, 0.6) is 0 Å². The van der Waals surface area contributed by atoms with E-state index in [0.29, 0.717) is 12.8 Å². The molecule has 2 rings (SSSR count). The molecule has 0 aromatic carbocycles. The summed E-state index contributed by atoms with van der Waals surface area (Å²) in [5.41, 5.74) is 8.61. The molecule has 4 nitrogen and oxygen atoms in total. The summed E-state index contributed by atoms with van der Waals surface area (Å²) in [6.07, 6.45) is 75.0. The number of rotatable bonds is 40. The van der Waals surface area contributed by atoms with Crippen molar-refractivity contribution in [1.29, 1.82) is 0 Å². The van der Waals surface area contributed by atoms with E-state index in [4.69, 9.17) is 9.47 Å². The molecular formula is C74H116O4. The lowest BCUT2D eigenvalue weighted by Crippen LogP contribution is -2.34. The van der Waals surface area contributed by atoms with Gasteiger partial charge in [-0.05, 0) is 122 Å². The molecule has 0 radical (unpaired) electrons. The molecule has 78 heavy (non-hydrogen) atoms. The van der Waals surface area contributed by atoms with Crippen LogP contribution >= 0.6 is 0 Å². The number of esters is 2. The Morgan fingerprint density at radius 1 is 0.526 bits per heavy atom. The van der Waals surface area contributed by atoms with E-state index in [1.807, 2.05) is 0 Å². The summed E-state index contributed by atoms with van der Waals surface area (Å²) in [5, 5.41) is 0. The van der Waals surface area contributed by atoms with Crippen molar-refractivity contribution < 1.29 is 19.1 Å². The first-order valence-electron chi connectivity index (χ1n) is 31.6. The van der Waals surface area contributed by atoms with Crippen molar-refractivity contribution in [2.75, 3.05) is 0 Å². The van der Waals surface area contributed by atoms with Crippen LogP contribution in [0.3, 0.4) is 0 Å². The smallest absolute Gasteiger partial charge is 0.306 e. The highest BCUT2D eigenvalue weighted by molar-refractivity contribution is 5.70. The molecule has 0 aliphatic heterocycles. The van der Waals surface area contributed by atoms with Gasteiger partial charge in [-0.25, -0.2) is 0 Å². The minimum atomic E-state index is -0.156. The maximum atomic E-state index is 12.8. The van der Waals surface area contributed by atoms with Crippen molar-refractivity contribution >= 4 is 11.9 Å². The quantitative estimate of drug-likeness (QED) is 0.0266. The van der Waals surface area contributed by atoms with Gasteiger partial charge in [0.05, 0.1) is 0 Å². The molecule has 436 valence electrons. The van der Waals surface area contributed by atoms with Crippen molar-refractivity contribution in [3.05, 3.63) is 154 Å². The summed E-state index contributed by atoms with van der Waals surface area (Å²) in [5.74, 6) is 0.199. The summed E-state index contributed by atoms with van der Waals surface area (Å²) >= 11 is 0. The molecule has 0 unspecified atom stereocenters. The summed E-state index contributed by atoms with van der Waals surface area (Å²) < 4.78 is 12.0.